The quantitative estimate of drug-likeness (QED) is 0.434. The molecular formula is C28H34N2O5. The molecule has 0 bridgehead atoms. The van der Waals surface area contributed by atoms with E-state index in [1.807, 2.05) is 38.1 Å². The molecule has 0 spiro atoms. The molecule has 2 aromatic carbocycles. The van der Waals surface area contributed by atoms with Crippen molar-refractivity contribution in [2.24, 2.45) is 11.8 Å². The van der Waals surface area contributed by atoms with Crippen LogP contribution in [0.4, 0.5) is 4.79 Å². The van der Waals surface area contributed by atoms with E-state index in [-0.39, 0.29) is 37.2 Å². The predicted octanol–water partition coefficient (Wildman–Crippen LogP) is 4.70. The molecule has 7 heteroatoms. The number of carbonyl (C=O) groups excluding carboxylic acids is 2. The fourth-order valence-electron chi connectivity index (χ4n) is 5.13. The lowest BCUT2D eigenvalue weighted by Crippen LogP contribution is -2.42. The summed E-state index contributed by atoms with van der Waals surface area (Å²) in [6.45, 7) is 4.63. The molecule has 2 amide bonds. The summed E-state index contributed by atoms with van der Waals surface area (Å²) in [6.07, 6.45) is 1.85. The van der Waals surface area contributed by atoms with Crippen LogP contribution in [0.3, 0.4) is 0 Å². The number of carboxylic acid groups (broad SMARTS) is 1. The normalized spacial score (nSPS) is 16.2. The summed E-state index contributed by atoms with van der Waals surface area (Å²) < 4.78 is 5.64. The van der Waals surface area contributed by atoms with E-state index in [0.29, 0.717) is 12.5 Å². The SMILES string of the molecule is CC(C)CC(CNC(=O)CC1(NC(=O)OCC2c3ccccc3-c3ccccc32)CC1)CC(=O)O. The van der Waals surface area contributed by atoms with Crippen molar-refractivity contribution in [2.75, 3.05) is 13.2 Å². The van der Waals surface area contributed by atoms with E-state index in [2.05, 4.69) is 34.9 Å². The van der Waals surface area contributed by atoms with Crippen LogP contribution in [0.1, 0.15) is 63.0 Å². The molecule has 0 heterocycles. The second-order valence-electron chi connectivity index (χ2n) is 10.3. The Bertz CT molecular complexity index is 1050. The van der Waals surface area contributed by atoms with Crippen LogP contribution in [0, 0.1) is 11.8 Å². The number of ether oxygens (including phenoxy) is 1. The van der Waals surface area contributed by atoms with Crippen LogP contribution in [-0.4, -0.2) is 41.8 Å². The molecule has 0 radical (unpaired) electrons. The third kappa shape index (κ3) is 6.21. The van der Waals surface area contributed by atoms with Gasteiger partial charge in [0.1, 0.15) is 6.61 Å². The zero-order chi connectivity index (χ0) is 25.0. The minimum Gasteiger partial charge on any atom is -0.481 e. The van der Waals surface area contributed by atoms with Crippen LogP contribution in [-0.2, 0) is 14.3 Å². The fraction of sp³-hybridized carbons (Fsp3) is 0.464. The van der Waals surface area contributed by atoms with Crippen LogP contribution in [0.5, 0.6) is 0 Å². The van der Waals surface area contributed by atoms with E-state index in [1.54, 1.807) is 0 Å². The summed E-state index contributed by atoms with van der Waals surface area (Å²) in [5, 5.41) is 14.9. The molecular weight excluding hydrogens is 444 g/mol. The van der Waals surface area contributed by atoms with Gasteiger partial charge in [0.25, 0.3) is 0 Å². The molecule has 186 valence electrons. The first-order valence-electron chi connectivity index (χ1n) is 12.4. The number of fused-ring (bicyclic) bond motifs is 3. The lowest BCUT2D eigenvalue weighted by atomic mass is 9.94. The fourth-order valence-corrected chi connectivity index (χ4v) is 5.13. The van der Waals surface area contributed by atoms with Crippen LogP contribution in [0.15, 0.2) is 48.5 Å². The van der Waals surface area contributed by atoms with Gasteiger partial charge >= 0.3 is 12.1 Å². The third-order valence-electron chi connectivity index (χ3n) is 6.92. The predicted molar refractivity (Wildman–Crippen MR) is 133 cm³/mol. The zero-order valence-corrected chi connectivity index (χ0v) is 20.4. The molecule has 2 aliphatic rings. The van der Waals surface area contributed by atoms with Crippen LogP contribution >= 0.6 is 0 Å². The first kappa shape index (κ1) is 24.8. The van der Waals surface area contributed by atoms with Gasteiger partial charge < -0.3 is 20.5 Å². The maximum Gasteiger partial charge on any atom is 0.407 e. The molecule has 0 saturated heterocycles. The zero-order valence-electron chi connectivity index (χ0n) is 20.4. The van der Waals surface area contributed by atoms with E-state index in [1.165, 1.54) is 11.1 Å². The molecule has 3 N–H and O–H groups in total. The number of nitrogens with one attached hydrogen (secondary N) is 2. The Labute approximate surface area is 206 Å². The third-order valence-corrected chi connectivity index (χ3v) is 6.92. The topological polar surface area (TPSA) is 105 Å². The number of rotatable bonds is 11. The minimum absolute atomic E-state index is 0.0151. The van der Waals surface area contributed by atoms with Crippen LogP contribution in [0.2, 0.25) is 0 Å². The first-order chi connectivity index (χ1) is 16.8. The van der Waals surface area contributed by atoms with Crippen molar-refractivity contribution >= 4 is 18.0 Å². The van der Waals surface area contributed by atoms with Crippen molar-refractivity contribution in [2.45, 2.75) is 57.4 Å². The Hall–Kier alpha value is -3.35. The maximum absolute atomic E-state index is 12.6. The number of carbonyl (C=O) groups is 3. The molecule has 0 aromatic heterocycles. The minimum atomic E-state index is -0.861. The van der Waals surface area contributed by atoms with E-state index < -0.39 is 17.6 Å². The molecule has 2 aliphatic carbocycles. The van der Waals surface area contributed by atoms with Crippen LogP contribution in [0.25, 0.3) is 11.1 Å². The number of hydrogen-bond donors (Lipinski definition) is 3. The van der Waals surface area contributed by atoms with Crippen molar-refractivity contribution in [3.05, 3.63) is 59.7 Å². The highest BCUT2D eigenvalue weighted by atomic mass is 16.5. The molecule has 1 fully saturated rings. The first-order valence-corrected chi connectivity index (χ1v) is 12.4. The smallest absolute Gasteiger partial charge is 0.407 e. The lowest BCUT2D eigenvalue weighted by Gasteiger charge is -2.21. The number of amides is 2. The van der Waals surface area contributed by atoms with Crippen LogP contribution < -0.4 is 10.6 Å². The highest BCUT2D eigenvalue weighted by Crippen LogP contribution is 2.44. The van der Waals surface area contributed by atoms with E-state index in [4.69, 9.17) is 9.84 Å². The molecule has 7 nitrogen and oxygen atoms in total. The monoisotopic (exact) mass is 478 g/mol. The number of aliphatic carboxylic acids is 1. The number of alkyl carbamates (subject to hydrolysis) is 1. The molecule has 1 saturated carbocycles. The van der Waals surface area contributed by atoms with Gasteiger partial charge in [-0.05, 0) is 53.4 Å². The standard InChI is InChI=1S/C28H34N2O5/c1-18(2)13-19(14-26(32)33)16-29-25(31)15-28(11-12-28)30-27(34)35-17-24-22-9-5-3-7-20(22)21-8-4-6-10-23(21)24/h3-10,18-19,24H,11-17H2,1-2H3,(H,29,31)(H,30,34)(H,32,33). The highest BCUT2D eigenvalue weighted by Gasteiger charge is 2.46. The summed E-state index contributed by atoms with van der Waals surface area (Å²) in [7, 11) is 0. The van der Waals surface area contributed by atoms with Gasteiger partial charge in [0.15, 0.2) is 0 Å². The van der Waals surface area contributed by atoms with Crippen molar-refractivity contribution in [1.29, 1.82) is 0 Å². The molecule has 0 aliphatic heterocycles. The molecule has 1 unspecified atom stereocenters. The maximum atomic E-state index is 12.6. The Balaban J connectivity index is 1.28. The Morgan fingerprint density at radius 1 is 1.03 bits per heavy atom. The summed E-state index contributed by atoms with van der Waals surface area (Å²) in [6, 6.07) is 16.4. The van der Waals surface area contributed by atoms with Crippen molar-refractivity contribution in [3.8, 4) is 11.1 Å². The molecule has 1 atom stereocenters. The molecule has 4 rings (SSSR count). The van der Waals surface area contributed by atoms with Gasteiger partial charge in [-0.2, -0.15) is 0 Å². The molecule has 35 heavy (non-hydrogen) atoms. The van der Waals surface area contributed by atoms with Gasteiger partial charge in [0, 0.05) is 25.3 Å². The number of hydrogen-bond acceptors (Lipinski definition) is 4. The van der Waals surface area contributed by atoms with Gasteiger partial charge in [-0.15, -0.1) is 0 Å². The molecule has 2 aromatic rings. The average molecular weight is 479 g/mol. The van der Waals surface area contributed by atoms with Gasteiger partial charge in [0.05, 0.1) is 5.54 Å². The van der Waals surface area contributed by atoms with Gasteiger partial charge in [-0.1, -0.05) is 62.4 Å². The lowest BCUT2D eigenvalue weighted by molar-refractivity contribution is -0.138. The Morgan fingerprint density at radius 2 is 1.63 bits per heavy atom. The summed E-state index contributed by atoms with van der Waals surface area (Å²) >= 11 is 0. The van der Waals surface area contributed by atoms with Crippen molar-refractivity contribution in [3.63, 3.8) is 0 Å². The summed E-state index contributed by atoms with van der Waals surface area (Å²) in [5.74, 6) is -0.817. The van der Waals surface area contributed by atoms with Gasteiger partial charge in [0.2, 0.25) is 5.91 Å². The van der Waals surface area contributed by atoms with Gasteiger partial charge in [-0.25, -0.2) is 4.79 Å². The highest BCUT2D eigenvalue weighted by molar-refractivity contribution is 5.80. The van der Waals surface area contributed by atoms with Crippen molar-refractivity contribution in [1.82, 2.24) is 10.6 Å². The number of benzene rings is 2. The second-order valence-corrected chi connectivity index (χ2v) is 10.3. The largest absolute Gasteiger partial charge is 0.481 e. The van der Waals surface area contributed by atoms with E-state index >= 15 is 0 Å². The Kier molecular flexibility index (Phi) is 7.43. The number of carboxylic acids is 1. The van der Waals surface area contributed by atoms with Gasteiger partial charge in [-0.3, -0.25) is 9.59 Å². The summed E-state index contributed by atoms with van der Waals surface area (Å²) in [4.78, 5) is 36.3. The average Bonchev–Trinajstić information content (AvgIpc) is 3.47. The second kappa shape index (κ2) is 10.5. The Morgan fingerprint density at radius 3 is 2.17 bits per heavy atom. The summed E-state index contributed by atoms with van der Waals surface area (Å²) in [5.41, 5.74) is 4.07. The van der Waals surface area contributed by atoms with E-state index in [9.17, 15) is 14.4 Å². The van der Waals surface area contributed by atoms with Crippen molar-refractivity contribution < 1.29 is 24.2 Å². The van der Waals surface area contributed by atoms with E-state index in [0.717, 1.165) is 30.4 Å².